The van der Waals surface area contributed by atoms with Gasteiger partial charge in [0, 0.05) is 42.7 Å². The molecule has 0 spiro atoms. The van der Waals surface area contributed by atoms with Crippen LogP contribution < -0.4 is 5.32 Å². The number of aromatic amines is 1. The van der Waals surface area contributed by atoms with E-state index in [9.17, 15) is 4.79 Å². The fourth-order valence-corrected chi connectivity index (χ4v) is 2.61. The summed E-state index contributed by atoms with van der Waals surface area (Å²) in [7, 11) is 0. The van der Waals surface area contributed by atoms with Crippen molar-refractivity contribution in [1.82, 2.24) is 20.3 Å². The number of imidazole rings is 1. The molecule has 1 fully saturated rings. The van der Waals surface area contributed by atoms with Gasteiger partial charge in [0.15, 0.2) is 0 Å². The summed E-state index contributed by atoms with van der Waals surface area (Å²) in [6.07, 6.45) is 4.46. The number of carbonyl (C=O) groups is 1. The maximum absolute atomic E-state index is 12.2. The zero-order chi connectivity index (χ0) is 16.8. The number of ether oxygens (including phenoxy) is 2. The zero-order valence-electron chi connectivity index (χ0n) is 13.7. The van der Waals surface area contributed by atoms with Gasteiger partial charge in [-0.15, -0.1) is 0 Å². The predicted octanol–water partition coefficient (Wildman–Crippen LogP) is 1.56. The van der Waals surface area contributed by atoms with E-state index in [4.69, 9.17) is 9.47 Å². The molecular weight excluding hydrogens is 308 g/mol. The van der Waals surface area contributed by atoms with E-state index in [2.05, 4.69) is 20.3 Å². The molecule has 1 amide bonds. The van der Waals surface area contributed by atoms with E-state index in [1.165, 1.54) is 0 Å². The van der Waals surface area contributed by atoms with E-state index >= 15 is 0 Å². The smallest absolute Gasteiger partial charge is 0.271 e. The fourth-order valence-electron chi connectivity index (χ4n) is 2.61. The summed E-state index contributed by atoms with van der Waals surface area (Å²) in [5, 5.41) is 2.84. The molecule has 0 radical (unpaired) electrons. The first-order chi connectivity index (χ1) is 11.7. The van der Waals surface area contributed by atoms with Crippen LogP contribution in [-0.4, -0.2) is 53.8 Å². The van der Waals surface area contributed by atoms with Crippen LogP contribution in [0.5, 0.6) is 0 Å². The van der Waals surface area contributed by atoms with Crippen molar-refractivity contribution in [3.05, 3.63) is 35.9 Å². The number of nitrogens with one attached hydrogen (secondary N) is 2. The molecule has 1 saturated heterocycles. The van der Waals surface area contributed by atoms with Crippen LogP contribution >= 0.6 is 0 Å². The molecule has 0 aromatic carbocycles. The van der Waals surface area contributed by atoms with Crippen molar-refractivity contribution in [3.63, 3.8) is 0 Å². The highest BCUT2D eigenvalue weighted by molar-refractivity contribution is 5.94. The normalized spacial score (nSPS) is 17.1. The van der Waals surface area contributed by atoms with Gasteiger partial charge in [-0.05, 0) is 25.5 Å². The van der Waals surface area contributed by atoms with Gasteiger partial charge in [0.1, 0.15) is 11.5 Å². The molecule has 0 bridgehead atoms. The van der Waals surface area contributed by atoms with E-state index in [0.29, 0.717) is 37.2 Å². The maximum Gasteiger partial charge on any atom is 0.271 e. The van der Waals surface area contributed by atoms with Crippen molar-refractivity contribution in [2.24, 2.45) is 5.92 Å². The summed E-state index contributed by atoms with van der Waals surface area (Å²) >= 11 is 0. The lowest BCUT2D eigenvalue weighted by molar-refractivity contribution is 0.0820. The van der Waals surface area contributed by atoms with Crippen molar-refractivity contribution < 1.29 is 14.3 Å². The van der Waals surface area contributed by atoms with E-state index in [1.807, 2.05) is 19.1 Å². The topological polar surface area (TPSA) is 89.1 Å². The molecule has 3 heterocycles. The highest BCUT2D eigenvalue weighted by Crippen LogP contribution is 2.16. The van der Waals surface area contributed by atoms with Crippen LogP contribution in [0.1, 0.15) is 22.6 Å². The Morgan fingerprint density at radius 1 is 1.54 bits per heavy atom. The van der Waals surface area contributed by atoms with Crippen molar-refractivity contribution in [3.8, 4) is 11.4 Å². The molecule has 2 aromatic heterocycles. The standard InChI is InChI=1S/C17H22N4O3/c1-12-15(21-16(20-12)14-3-2-5-18-9-14)17(22)19-6-8-24-11-13-4-7-23-10-13/h2-3,5,9,13H,4,6-8,10-11H2,1H3,(H,19,22)(H,20,21). The Kier molecular flexibility index (Phi) is 5.55. The third kappa shape index (κ3) is 4.18. The largest absolute Gasteiger partial charge is 0.381 e. The molecule has 0 aliphatic carbocycles. The number of H-pyrrole nitrogens is 1. The molecule has 24 heavy (non-hydrogen) atoms. The van der Waals surface area contributed by atoms with Gasteiger partial charge in [-0.3, -0.25) is 9.78 Å². The Hall–Kier alpha value is -2.25. The Morgan fingerprint density at radius 2 is 2.46 bits per heavy atom. The van der Waals surface area contributed by atoms with Crippen molar-refractivity contribution in [2.75, 3.05) is 33.0 Å². The first-order valence-corrected chi connectivity index (χ1v) is 8.14. The number of rotatable bonds is 7. The summed E-state index contributed by atoms with van der Waals surface area (Å²) in [4.78, 5) is 23.8. The lowest BCUT2D eigenvalue weighted by Gasteiger charge is -2.09. The average Bonchev–Trinajstić information content (AvgIpc) is 3.25. The van der Waals surface area contributed by atoms with Crippen LogP contribution in [0.25, 0.3) is 11.4 Å². The van der Waals surface area contributed by atoms with Crippen molar-refractivity contribution in [1.29, 1.82) is 0 Å². The van der Waals surface area contributed by atoms with Gasteiger partial charge in [-0.2, -0.15) is 0 Å². The molecule has 1 aliphatic heterocycles. The minimum absolute atomic E-state index is 0.202. The van der Waals surface area contributed by atoms with E-state index < -0.39 is 0 Å². The van der Waals surface area contributed by atoms with Gasteiger partial charge >= 0.3 is 0 Å². The molecule has 0 saturated carbocycles. The summed E-state index contributed by atoms with van der Waals surface area (Å²) < 4.78 is 10.9. The van der Waals surface area contributed by atoms with E-state index in [-0.39, 0.29) is 5.91 Å². The zero-order valence-corrected chi connectivity index (χ0v) is 13.7. The minimum atomic E-state index is -0.202. The van der Waals surface area contributed by atoms with Gasteiger partial charge in [0.2, 0.25) is 0 Å². The number of aromatic nitrogens is 3. The Labute approximate surface area is 140 Å². The monoisotopic (exact) mass is 330 g/mol. The van der Waals surface area contributed by atoms with E-state index in [0.717, 1.165) is 30.9 Å². The summed E-state index contributed by atoms with van der Waals surface area (Å²) in [6.45, 7) is 5.06. The first kappa shape index (κ1) is 16.6. The second-order valence-electron chi connectivity index (χ2n) is 5.86. The summed E-state index contributed by atoms with van der Waals surface area (Å²) in [5.41, 5.74) is 1.98. The highest BCUT2D eigenvalue weighted by Gasteiger charge is 2.17. The van der Waals surface area contributed by atoms with Gasteiger partial charge in [-0.25, -0.2) is 4.98 Å². The average molecular weight is 330 g/mol. The SMILES string of the molecule is Cc1[nH]c(-c2cccnc2)nc1C(=O)NCCOCC1CCOC1. The number of carbonyl (C=O) groups excluding carboxylic acids is 1. The fraction of sp³-hybridized carbons (Fsp3) is 0.471. The molecule has 2 aromatic rings. The minimum Gasteiger partial charge on any atom is -0.381 e. The molecule has 1 atom stereocenters. The molecule has 1 aliphatic rings. The molecule has 7 heteroatoms. The number of hydrogen-bond donors (Lipinski definition) is 2. The Bertz CT molecular complexity index is 666. The number of amides is 1. The Morgan fingerprint density at radius 3 is 3.21 bits per heavy atom. The predicted molar refractivity (Wildman–Crippen MR) is 88.6 cm³/mol. The van der Waals surface area contributed by atoms with Crippen molar-refractivity contribution >= 4 is 5.91 Å². The number of nitrogens with zero attached hydrogens (tertiary/aromatic N) is 2. The van der Waals surface area contributed by atoms with Crippen LogP contribution in [0, 0.1) is 12.8 Å². The quantitative estimate of drug-likeness (QED) is 0.752. The van der Waals surface area contributed by atoms with Gasteiger partial charge in [-0.1, -0.05) is 0 Å². The molecule has 7 nitrogen and oxygen atoms in total. The highest BCUT2D eigenvalue weighted by atomic mass is 16.5. The lowest BCUT2D eigenvalue weighted by Crippen LogP contribution is -2.28. The van der Waals surface area contributed by atoms with Gasteiger partial charge in [0.05, 0.1) is 19.8 Å². The van der Waals surface area contributed by atoms with Gasteiger partial charge in [0.25, 0.3) is 5.91 Å². The maximum atomic E-state index is 12.2. The third-order valence-corrected chi connectivity index (χ3v) is 3.94. The second kappa shape index (κ2) is 8.03. The molecular formula is C17H22N4O3. The van der Waals surface area contributed by atoms with Crippen LogP contribution in [0.4, 0.5) is 0 Å². The number of hydrogen-bond acceptors (Lipinski definition) is 5. The van der Waals surface area contributed by atoms with Crippen molar-refractivity contribution in [2.45, 2.75) is 13.3 Å². The number of pyridine rings is 1. The first-order valence-electron chi connectivity index (χ1n) is 8.14. The summed E-state index contributed by atoms with van der Waals surface area (Å²) in [6, 6.07) is 3.73. The lowest BCUT2D eigenvalue weighted by atomic mass is 10.1. The molecule has 1 unspecified atom stereocenters. The van der Waals surface area contributed by atoms with Crippen LogP contribution in [0.2, 0.25) is 0 Å². The molecule has 2 N–H and O–H groups in total. The van der Waals surface area contributed by atoms with E-state index in [1.54, 1.807) is 12.4 Å². The third-order valence-electron chi connectivity index (χ3n) is 3.94. The van der Waals surface area contributed by atoms with Gasteiger partial charge < -0.3 is 19.8 Å². The summed E-state index contributed by atoms with van der Waals surface area (Å²) in [5.74, 6) is 0.922. The van der Waals surface area contributed by atoms with Crippen LogP contribution in [-0.2, 0) is 9.47 Å². The van der Waals surface area contributed by atoms with Crippen LogP contribution in [0.15, 0.2) is 24.5 Å². The second-order valence-corrected chi connectivity index (χ2v) is 5.86. The molecule has 3 rings (SSSR count). The Balaban J connectivity index is 1.47. The van der Waals surface area contributed by atoms with Crippen LogP contribution in [0.3, 0.4) is 0 Å². The molecule has 128 valence electrons. The number of aryl methyl sites for hydroxylation is 1.